The number of esters is 2. The zero-order valence-corrected chi connectivity index (χ0v) is 22.0. The van der Waals surface area contributed by atoms with Crippen LogP contribution in [0, 0.1) is 23.7 Å². The molecule has 1 aromatic rings. The van der Waals surface area contributed by atoms with Crippen LogP contribution in [0.1, 0.15) is 49.5 Å². The van der Waals surface area contributed by atoms with E-state index in [-0.39, 0.29) is 17.4 Å². The van der Waals surface area contributed by atoms with Crippen molar-refractivity contribution in [3.8, 4) is 0 Å². The molecule has 0 N–H and O–H groups in total. The third-order valence-electron chi connectivity index (χ3n) is 8.19. The molecule has 3 aliphatic rings. The number of hydrogen-bond acceptors (Lipinski definition) is 4. The van der Waals surface area contributed by atoms with E-state index in [1.54, 1.807) is 36.4 Å². The first-order valence-corrected chi connectivity index (χ1v) is 12.9. The van der Waals surface area contributed by atoms with E-state index >= 15 is 0 Å². The summed E-state index contributed by atoms with van der Waals surface area (Å²) in [6.07, 6.45) is 13.9. The molecule has 6 unspecified atom stereocenters. The summed E-state index contributed by atoms with van der Waals surface area (Å²) in [7, 11) is 0. The second kappa shape index (κ2) is 11.2. The number of allylic oxidation sites excluding steroid dienone is 8. The highest BCUT2D eigenvalue weighted by atomic mass is 16.6. The Morgan fingerprint density at radius 1 is 0.973 bits per heavy atom. The van der Waals surface area contributed by atoms with Gasteiger partial charge in [-0.25, -0.2) is 9.59 Å². The Bertz CT molecular complexity index is 1220. The largest absolute Gasteiger partial charge is 0.455 e. The summed E-state index contributed by atoms with van der Waals surface area (Å²) in [4.78, 5) is 26.2. The molecule has 0 aliphatic heterocycles. The second-order valence-corrected chi connectivity index (χ2v) is 10.1. The maximum Gasteiger partial charge on any atom is 0.338 e. The molecule has 4 nitrogen and oxygen atoms in total. The van der Waals surface area contributed by atoms with Gasteiger partial charge in [-0.1, -0.05) is 73.9 Å². The zero-order valence-electron chi connectivity index (χ0n) is 22.0. The van der Waals surface area contributed by atoms with E-state index in [0.29, 0.717) is 17.4 Å². The summed E-state index contributed by atoms with van der Waals surface area (Å²) in [6.45, 7) is 17.6. The van der Waals surface area contributed by atoms with Crippen molar-refractivity contribution in [2.45, 2.75) is 45.8 Å². The lowest BCUT2D eigenvalue weighted by molar-refractivity contribution is -0.157. The maximum absolute atomic E-state index is 13.2. The Morgan fingerprint density at radius 3 is 2.30 bits per heavy atom. The van der Waals surface area contributed by atoms with Crippen LogP contribution in [0.3, 0.4) is 0 Å². The predicted molar refractivity (Wildman–Crippen MR) is 149 cm³/mol. The van der Waals surface area contributed by atoms with Crippen LogP contribution in [-0.4, -0.2) is 24.1 Å². The number of benzene rings is 1. The van der Waals surface area contributed by atoms with Crippen LogP contribution >= 0.6 is 0 Å². The fourth-order valence-corrected chi connectivity index (χ4v) is 6.38. The van der Waals surface area contributed by atoms with Gasteiger partial charge in [0, 0.05) is 11.8 Å². The Morgan fingerprint density at radius 2 is 1.68 bits per heavy atom. The monoisotopic (exact) mass is 496 g/mol. The van der Waals surface area contributed by atoms with Crippen molar-refractivity contribution in [2.24, 2.45) is 23.7 Å². The van der Waals surface area contributed by atoms with Crippen molar-refractivity contribution in [1.82, 2.24) is 0 Å². The van der Waals surface area contributed by atoms with Gasteiger partial charge in [0.05, 0.1) is 11.1 Å². The summed E-state index contributed by atoms with van der Waals surface area (Å²) in [5.74, 6) is 0.0778. The van der Waals surface area contributed by atoms with Gasteiger partial charge < -0.3 is 9.47 Å². The van der Waals surface area contributed by atoms with Gasteiger partial charge in [0.1, 0.15) is 12.2 Å². The van der Waals surface area contributed by atoms with Crippen molar-refractivity contribution in [3.63, 3.8) is 0 Å². The lowest BCUT2D eigenvalue weighted by Crippen LogP contribution is -2.46. The van der Waals surface area contributed by atoms with Crippen LogP contribution in [0.15, 0.2) is 103 Å². The molecule has 4 heteroatoms. The van der Waals surface area contributed by atoms with Crippen molar-refractivity contribution in [2.75, 3.05) is 0 Å². The summed E-state index contributed by atoms with van der Waals surface area (Å²) >= 11 is 0. The molecule has 3 aliphatic carbocycles. The van der Waals surface area contributed by atoms with Crippen LogP contribution in [-0.2, 0) is 14.3 Å². The molecule has 192 valence electrons. The molecule has 0 saturated heterocycles. The molecule has 0 spiro atoms. The Labute approximate surface area is 220 Å². The van der Waals surface area contributed by atoms with Gasteiger partial charge in [0.25, 0.3) is 0 Å². The summed E-state index contributed by atoms with van der Waals surface area (Å²) in [6, 6.07) is 7.16. The first kappa shape index (κ1) is 26.4. The van der Waals surface area contributed by atoms with Crippen molar-refractivity contribution < 1.29 is 19.1 Å². The number of hydrogen-bond donors (Lipinski definition) is 0. The quantitative estimate of drug-likeness (QED) is 0.206. The van der Waals surface area contributed by atoms with E-state index in [4.69, 9.17) is 9.47 Å². The van der Waals surface area contributed by atoms with E-state index in [0.717, 1.165) is 24.0 Å². The molecule has 4 rings (SSSR count). The molecule has 1 aromatic carbocycles. The maximum atomic E-state index is 13.2. The van der Waals surface area contributed by atoms with Crippen molar-refractivity contribution in [1.29, 1.82) is 0 Å². The molecule has 6 atom stereocenters. The molecule has 2 bridgehead atoms. The molecule has 0 aromatic heterocycles. The molecular formula is C33H36O4. The highest BCUT2D eigenvalue weighted by molar-refractivity contribution is 5.91. The van der Waals surface area contributed by atoms with Gasteiger partial charge in [-0.05, 0) is 80.4 Å². The highest BCUT2D eigenvalue weighted by Crippen LogP contribution is 2.62. The van der Waals surface area contributed by atoms with Gasteiger partial charge in [-0.2, -0.15) is 0 Å². The zero-order chi connectivity index (χ0) is 26.7. The number of rotatable bonds is 9. The third kappa shape index (κ3) is 5.11. The van der Waals surface area contributed by atoms with Crippen molar-refractivity contribution in [3.05, 3.63) is 114 Å². The third-order valence-corrected chi connectivity index (χ3v) is 8.19. The Hall–Kier alpha value is -3.66. The molecule has 0 heterocycles. The fraction of sp³-hybridized carbons (Fsp3) is 0.333. The average molecular weight is 497 g/mol. The Balaban J connectivity index is 1.58. The molecule has 2 saturated carbocycles. The lowest BCUT2D eigenvalue weighted by Gasteiger charge is -2.38. The summed E-state index contributed by atoms with van der Waals surface area (Å²) in [5.41, 5.74) is 5.25. The first-order chi connectivity index (χ1) is 17.8. The average Bonchev–Trinajstić information content (AvgIpc) is 3.55. The minimum Gasteiger partial charge on any atom is -0.455 e. The lowest BCUT2D eigenvalue weighted by atomic mass is 9.76. The summed E-state index contributed by atoms with van der Waals surface area (Å²) < 4.78 is 12.2. The molecule has 0 amide bonds. The molecular weight excluding hydrogens is 460 g/mol. The van der Waals surface area contributed by atoms with Gasteiger partial charge in [-0.3, -0.25) is 0 Å². The second-order valence-electron chi connectivity index (χ2n) is 10.1. The molecule has 2 fully saturated rings. The normalized spacial score (nSPS) is 28.6. The fourth-order valence-electron chi connectivity index (χ4n) is 6.38. The SMILES string of the molecule is C=CC(/C=C\C(=C)C(=O)OC1C2CC(C3CC(/C=C\C)=C(C)C32)C1OC(=O)c1ccc(C=C)cc1)=C/C. The van der Waals surface area contributed by atoms with Crippen LogP contribution in [0.4, 0.5) is 0 Å². The number of carbonyl (C=O) groups is 2. The predicted octanol–water partition coefficient (Wildman–Crippen LogP) is 7.19. The standard InChI is InChI=1S/C33H36O4/c1-7-11-25-18-26-27-19-28(29(26)21(25)6)31(36-32(34)20(5)12-13-22(8-2)9-3)30(27)37-33(35)24-16-14-23(10-4)15-17-24/h7-17,26-31H,2,4-5,18-19H2,1,3,6H3/b11-7-,13-12-,22-9-. The van der Waals surface area contributed by atoms with Crippen LogP contribution in [0.25, 0.3) is 6.08 Å². The van der Waals surface area contributed by atoms with Gasteiger partial charge >= 0.3 is 11.9 Å². The number of ether oxygens (including phenoxy) is 2. The van der Waals surface area contributed by atoms with Crippen molar-refractivity contribution >= 4 is 18.0 Å². The van der Waals surface area contributed by atoms with E-state index in [1.165, 1.54) is 11.1 Å². The van der Waals surface area contributed by atoms with Crippen LogP contribution in [0.5, 0.6) is 0 Å². The topological polar surface area (TPSA) is 52.6 Å². The first-order valence-electron chi connectivity index (χ1n) is 12.9. The van der Waals surface area contributed by atoms with E-state index in [9.17, 15) is 9.59 Å². The summed E-state index contributed by atoms with van der Waals surface area (Å²) in [5, 5.41) is 0. The van der Waals surface area contributed by atoms with Crippen LogP contribution in [0.2, 0.25) is 0 Å². The minimum atomic E-state index is -0.513. The van der Waals surface area contributed by atoms with Gasteiger partial charge in [0.2, 0.25) is 0 Å². The van der Waals surface area contributed by atoms with E-state index < -0.39 is 24.1 Å². The molecule has 0 radical (unpaired) electrons. The Kier molecular flexibility index (Phi) is 7.97. The molecule has 37 heavy (non-hydrogen) atoms. The van der Waals surface area contributed by atoms with Gasteiger partial charge in [0.15, 0.2) is 0 Å². The minimum absolute atomic E-state index is 0.110. The highest BCUT2D eigenvalue weighted by Gasteiger charge is 2.63. The van der Waals surface area contributed by atoms with Gasteiger partial charge in [-0.15, -0.1) is 0 Å². The number of fused-ring (bicyclic) bond motifs is 5. The van der Waals surface area contributed by atoms with E-state index in [2.05, 4.69) is 38.8 Å². The smallest absolute Gasteiger partial charge is 0.338 e. The van der Waals surface area contributed by atoms with Crippen LogP contribution < -0.4 is 0 Å². The van der Waals surface area contributed by atoms with E-state index in [1.807, 2.05) is 32.1 Å². The number of carbonyl (C=O) groups excluding carboxylic acids is 2.